The van der Waals surface area contributed by atoms with E-state index in [9.17, 15) is 4.79 Å². The van der Waals surface area contributed by atoms with Gasteiger partial charge in [-0.1, -0.05) is 12.1 Å². The fraction of sp³-hybridized carbons (Fsp3) is 0.444. The Kier molecular flexibility index (Phi) is 5.26. The number of carbonyl (C=O) groups is 1. The molecule has 0 N–H and O–H groups in total. The van der Waals surface area contributed by atoms with Crippen LogP contribution in [0.25, 0.3) is 6.08 Å². The molecule has 6 heteroatoms. The van der Waals surface area contributed by atoms with E-state index in [1.165, 1.54) is 11.8 Å². The molecule has 1 saturated heterocycles. The number of hydrogen-bond acceptors (Lipinski definition) is 5. The predicted molar refractivity (Wildman–Crippen MR) is 97.2 cm³/mol. The molecule has 1 aromatic carbocycles. The maximum absolute atomic E-state index is 12.2. The minimum Gasteiger partial charge on any atom is -0.494 e. The fourth-order valence-electron chi connectivity index (χ4n) is 2.85. The largest absolute Gasteiger partial charge is 0.494 e. The van der Waals surface area contributed by atoms with Gasteiger partial charge in [0, 0.05) is 13.1 Å². The lowest BCUT2D eigenvalue weighted by Gasteiger charge is -2.35. The van der Waals surface area contributed by atoms with Crippen LogP contribution in [-0.4, -0.2) is 47.9 Å². The van der Waals surface area contributed by atoms with Crippen LogP contribution in [0.5, 0.6) is 5.75 Å². The Morgan fingerprint density at radius 1 is 1.29 bits per heavy atom. The van der Waals surface area contributed by atoms with Crippen LogP contribution < -0.4 is 4.74 Å². The second-order valence-corrected chi connectivity index (χ2v) is 6.98. The summed E-state index contributed by atoms with van der Waals surface area (Å²) in [7, 11) is 0. The van der Waals surface area contributed by atoms with E-state index in [2.05, 4.69) is 9.89 Å². The summed E-state index contributed by atoms with van der Waals surface area (Å²) in [5.74, 6) is 0.661. The second-order valence-electron chi connectivity index (χ2n) is 5.97. The highest BCUT2D eigenvalue weighted by atomic mass is 32.2. The average Bonchev–Trinajstić information content (AvgIpc) is 2.90. The van der Waals surface area contributed by atoms with E-state index in [0.29, 0.717) is 11.5 Å². The molecular formula is C18H22N2O3S. The summed E-state index contributed by atoms with van der Waals surface area (Å²) in [5, 5.41) is 0.777. The maximum Gasteiger partial charge on any atom is 0.286 e. The molecule has 2 heterocycles. The quantitative estimate of drug-likeness (QED) is 0.787. The number of carbonyl (C=O) groups excluding carboxylic acids is 1. The highest BCUT2D eigenvalue weighted by Gasteiger charge is 2.30. The van der Waals surface area contributed by atoms with E-state index >= 15 is 0 Å². The molecule has 0 bridgehead atoms. The molecule has 128 valence electrons. The Labute approximate surface area is 146 Å². The van der Waals surface area contributed by atoms with Crippen LogP contribution in [0.1, 0.15) is 26.3 Å². The Hall–Kier alpha value is -1.79. The van der Waals surface area contributed by atoms with Crippen molar-refractivity contribution in [1.82, 2.24) is 4.90 Å². The van der Waals surface area contributed by atoms with Gasteiger partial charge >= 0.3 is 0 Å². The molecule has 2 aliphatic heterocycles. The first-order valence-electron chi connectivity index (χ1n) is 8.21. The molecule has 0 radical (unpaired) electrons. The van der Waals surface area contributed by atoms with Crippen molar-refractivity contribution in [3.8, 4) is 5.75 Å². The molecule has 5 nitrogen and oxygen atoms in total. The number of hydrogen-bond donors (Lipinski definition) is 0. The fourth-order valence-corrected chi connectivity index (χ4v) is 3.78. The number of rotatable bonds is 3. The average molecular weight is 346 g/mol. The number of thioether (sulfide) groups is 1. The standard InChI is InChI=1S/C18H22N2O3S/c1-4-22-15-7-5-14(6-8-15)9-16-17(21)19-18(24-16)20-10-12(2)23-13(3)11-20/h5-9,12-13H,4,10-11H2,1-3H3. The molecule has 24 heavy (non-hydrogen) atoms. The van der Waals surface area contributed by atoms with Crippen LogP contribution in [0.2, 0.25) is 0 Å². The van der Waals surface area contributed by atoms with Crippen molar-refractivity contribution in [2.45, 2.75) is 33.0 Å². The van der Waals surface area contributed by atoms with Gasteiger partial charge in [0.25, 0.3) is 5.91 Å². The summed E-state index contributed by atoms with van der Waals surface area (Å²) in [4.78, 5) is 19.2. The summed E-state index contributed by atoms with van der Waals surface area (Å²) >= 11 is 1.44. The van der Waals surface area contributed by atoms with Gasteiger partial charge in [0.1, 0.15) is 5.75 Å². The summed E-state index contributed by atoms with van der Waals surface area (Å²) in [5.41, 5.74) is 0.967. The van der Waals surface area contributed by atoms with E-state index in [0.717, 1.165) is 29.6 Å². The van der Waals surface area contributed by atoms with Crippen LogP contribution in [0, 0.1) is 0 Å². The second kappa shape index (κ2) is 7.40. The van der Waals surface area contributed by atoms with Crippen LogP contribution in [0.4, 0.5) is 0 Å². The topological polar surface area (TPSA) is 51.1 Å². The number of nitrogens with zero attached hydrogens (tertiary/aromatic N) is 2. The van der Waals surface area contributed by atoms with E-state index < -0.39 is 0 Å². The third kappa shape index (κ3) is 3.99. The molecule has 3 rings (SSSR count). The van der Waals surface area contributed by atoms with Crippen molar-refractivity contribution in [2.24, 2.45) is 4.99 Å². The third-order valence-corrected chi connectivity index (χ3v) is 4.83. The van der Waals surface area contributed by atoms with E-state index in [1.54, 1.807) is 0 Å². The summed E-state index contributed by atoms with van der Waals surface area (Å²) < 4.78 is 11.2. The smallest absolute Gasteiger partial charge is 0.286 e. The number of morpholine rings is 1. The number of aliphatic imine (C=N–C) groups is 1. The molecule has 1 amide bonds. The molecule has 0 spiro atoms. The molecule has 2 atom stereocenters. The van der Waals surface area contributed by atoms with Gasteiger partial charge in [-0.2, -0.15) is 4.99 Å². The Bertz CT molecular complexity index is 659. The van der Waals surface area contributed by atoms with Crippen molar-refractivity contribution in [3.63, 3.8) is 0 Å². The Morgan fingerprint density at radius 2 is 1.96 bits per heavy atom. The van der Waals surface area contributed by atoms with Gasteiger partial charge in [0.15, 0.2) is 5.17 Å². The number of amidine groups is 1. The molecule has 1 aromatic rings. The Morgan fingerprint density at radius 3 is 2.58 bits per heavy atom. The summed E-state index contributed by atoms with van der Waals surface area (Å²) in [6, 6.07) is 7.71. The molecule has 2 unspecified atom stereocenters. The maximum atomic E-state index is 12.2. The van der Waals surface area contributed by atoms with E-state index in [1.807, 2.05) is 51.1 Å². The molecule has 0 aliphatic carbocycles. The highest BCUT2D eigenvalue weighted by molar-refractivity contribution is 8.18. The first-order valence-corrected chi connectivity index (χ1v) is 9.02. The lowest BCUT2D eigenvalue weighted by Crippen LogP contribution is -2.47. The first-order chi connectivity index (χ1) is 11.5. The van der Waals surface area contributed by atoms with Crippen LogP contribution in [0.3, 0.4) is 0 Å². The summed E-state index contributed by atoms with van der Waals surface area (Å²) in [6.45, 7) is 8.21. The number of amides is 1. The SMILES string of the molecule is CCOc1ccc(C=C2SC(N3CC(C)OC(C)C3)=NC2=O)cc1. The van der Waals surface area contributed by atoms with Crippen LogP contribution >= 0.6 is 11.8 Å². The molecular weight excluding hydrogens is 324 g/mol. The van der Waals surface area contributed by atoms with Crippen molar-refractivity contribution >= 4 is 28.9 Å². The molecule has 0 saturated carbocycles. The van der Waals surface area contributed by atoms with Gasteiger partial charge in [0.05, 0.1) is 23.7 Å². The van der Waals surface area contributed by atoms with Crippen LogP contribution in [-0.2, 0) is 9.53 Å². The zero-order chi connectivity index (χ0) is 17.1. The minimum absolute atomic E-state index is 0.145. The highest BCUT2D eigenvalue weighted by Crippen LogP contribution is 2.31. The molecule has 0 aromatic heterocycles. The Balaban J connectivity index is 1.70. The first kappa shape index (κ1) is 17.0. The van der Waals surface area contributed by atoms with Gasteiger partial charge in [-0.15, -0.1) is 0 Å². The van der Waals surface area contributed by atoms with Crippen molar-refractivity contribution in [1.29, 1.82) is 0 Å². The predicted octanol–water partition coefficient (Wildman–Crippen LogP) is 3.16. The zero-order valence-corrected chi connectivity index (χ0v) is 15.0. The monoisotopic (exact) mass is 346 g/mol. The number of benzene rings is 1. The third-order valence-electron chi connectivity index (χ3n) is 3.79. The van der Waals surface area contributed by atoms with Gasteiger partial charge in [0.2, 0.25) is 0 Å². The van der Waals surface area contributed by atoms with E-state index in [4.69, 9.17) is 9.47 Å². The lowest BCUT2D eigenvalue weighted by molar-refractivity contribution is -0.113. The van der Waals surface area contributed by atoms with Gasteiger partial charge in [-0.3, -0.25) is 4.79 Å². The molecule has 1 fully saturated rings. The van der Waals surface area contributed by atoms with Crippen molar-refractivity contribution < 1.29 is 14.3 Å². The van der Waals surface area contributed by atoms with Crippen LogP contribution in [0.15, 0.2) is 34.2 Å². The van der Waals surface area contributed by atoms with Gasteiger partial charge < -0.3 is 14.4 Å². The molecule has 2 aliphatic rings. The minimum atomic E-state index is -0.171. The van der Waals surface area contributed by atoms with Gasteiger partial charge in [-0.25, -0.2) is 0 Å². The number of ether oxygens (including phenoxy) is 2. The van der Waals surface area contributed by atoms with Crippen molar-refractivity contribution in [2.75, 3.05) is 19.7 Å². The zero-order valence-electron chi connectivity index (χ0n) is 14.2. The summed E-state index contributed by atoms with van der Waals surface area (Å²) in [6.07, 6.45) is 2.17. The normalized spacial score (nSPS) is 26.0. The van der Waals surface area contributed by atoms with Crippen molar-refractivity contribution in [3.05, 3.63) is 34.7 Å². The van der Waals surface area contributed by atoms with E-state index in [-0.39, 0.29) is 18.1 Å². The van der Waals surface area contributed by atoms with Gasteiger partial charge in [-0.05, 0) is 56.3 Å². The lowest BCUT2D eigenvalue weighted by atomic mass is 10.2.